The van der Waals surface area contributed by atoms with Gasteiger partial charge in [-0.2, -0.15) is 5.10 Å². The van der Waals surface area contributed by atoms with Crippen LogP contribution in [0.1, 0.15) is 22.5 Å². The van der Waals surface area contributed by atoms with Gasteiger partial charge in [0.2, 0.25) is 0 Å². The molecule has 0 spiro atoms. The second-order valence-electron chi connectivity index (χ2n) is 6.60. The van der Waals surface area contributed by atoms with Gasteiger partial charge in [0.05, 0.1) is 42.4 Å². The van der Waals surface area contributed by atoms with Crippen LogP contribution in [-0.2, 0) is 6.54 Å². The van der Waals surface area contributed by atoms with E-state index in [1.54, 1.807) is 40.6 Å². The van der Waals surface area contributed by atoms with Gasteiger partial charge in [-0.1, -0.05) is 0 Å². The molecular formula is C18H16FN7O. The molecule has 3 aromatic heterocycles. The number of aromatic nitrogens is 5. The summed E-state index contributed by atoms with van der Waals surface area (Å²) >= 11 is 0. The molecule has 9 heteroatoms. The third-order valence-electron chi connectivity index (χ3n) is 4.85. The molecule has 2 aliphatic rings. The number of hydrogen-bond donors (Lipinski definition) is 0. The van der Waals surface area contributed by atoms with Crippen LogP contribution in [0.25, 0.3) is 5.69 Å². The monoisotopic (exact) mass is 365 g/mol. The number of halogens is 1. The van der Waals surface area contributed by atoms with E-state index >= 15 is 0 Å². The molecule has 0 unspecified atom stereocenters. The van der Waals surface area contributed by atoms with Crippen molar-refractivity contribution in [2.24, 2.45) is 0 Å². The summed E-state index contributed by atoms with van der Waals surface area (Å²) in [6.45, 7) is 1.42. The van der Waals surface area contributed by atoms with Crippen LogP contribution in [0.3, 0.4) is 0 Å². The molecule has 8 nitrogen and oxygen atoms in total. The van der Waals surface area contributed by atoms with Gasteiger partial charge in [0.1, 0.15) is 12.0 Å². The zero-order valence-electron chi connectivity index (χ0n) is 14.4. The maximum Gasteiger partial charge on any atom is 0.263 e. The summed E-state index contributed by atoms with van der Waals surface area (Å²) in [6.07, 6.45) is 7.82. The van der Waals surface area contributed by atoms with Crippen molar-refractivity contribution in [3.63, 3.8) is 0 Å². The number of carbonyl (C=O) groups excluding carboxylic acids is 1. The topological polar surface area (TPSA) is 80.0 Å². The van der Waals surface area contributed by atoms with E-state index < -0.39 is 6.17 Å². The maximum atomic E-state index is 13.4. The van der Waals surface area contributed by atoms with Gasteiger partial charge in [0, 0.05) is 25.1 Å². The zero-order chi connectivity index (χ0) is 18.4. The lowest BCUT2D eigenvalue weighted by Crippen LogP contribution is -2.25. The molecule has 1 atom stereocenters. The number of rotatable bonds is 3. The SMILES string of the molecule is O=C1c2cn(-c3ccc(N4CC[C@@H](F)C4)nc3)nc2CN1c1cnccn1. The van der Waals surface area contributed by atoms with Gasteiger partial charge < -0.3 is 4.90 Å². The summed E-state index contributed by atoms with van der Waals surface area (Å²) in [6, 6.07) is 3.73. The van der Waals surface area contributed by atoms with Gasteiger partial charge in [-0.15, -0.1) is 0 Å². The lowest BCUT2D eigenvalue weighted by atomic mass is 10.3. The van der Waals surface area contributed by atoms with Gasteiger partial charge in [0.15, 0.2) is 5.82 Å². The quantitative estimate of drug-likeness (QED) is 0.704. The van der Waals surface area contributed by atoms with E-state index in [0.29, 0.717) is 43.1 Å². The number of pyridine rings is 1. The molecule has 0 aromatic carbocycles. The highest BCUT2D eigenvalue weighted by atomic mass is 19.1. The molecule has 2 aliphatic heterocycles. The minimum absolute atomic E-state index is 0.146. The molecular weight excluding hydrogens is 349 g/mol. The molecule has 1 fully saturated rings. The summed E-state index contributed by atoms with van der Waals surface area (Å²) < 4.78 is 15.0. The average Bonchev–Trinajstić information content (AvgIpc) is 3.39. The zero-order valence-corrected chi connectivity index (χ0v) is 14.4. The van der Waals surface area contributed by atoms with Crippen LogP contribution in [0.5, 0.6) is 0 Å². The first-order valence-corrected chi connectivity index (χ1v) is 8.71. The van der Waals surface area contributed by atoms with Crippen LogP contribution in [0, 0.1) is 0 Å². The lowest BCUT2D eigenvalue weighted by Gasteiger charge is -2.16. The summed E-state index contributed by atoms with van der Waals surface area (Å²) in [4.78, 5) is 28.7. The van der Waals surface area contributed by atoms with Gasteiger partial charge in [0.25, 0.3) is 5.91 Å². The van der Waals surface area contributed by atoms with E-state index in [2.05, 4.69) is 20.1 Å². The Morgan fingerprint density at radius 1 is 1.11 bits per heavy atom. The second-order valence-corrected chi connectivity index (χ2v) is 6.60. The fraction of sp³-hybridized carbons (Fsp3) is 0.278. The number of carbonyl (C=O) groups is 1. The van der Waals surface area contributed by atoms with Gasteiger partial charge in [-0.25, -0.2) is 19.0 Å². The van der Waals surface area contributed by atoms with Crippen molar-refractivity contribution < 1.29 is 9.18 Å². The normalized spacial score (nSPS) is 19.0. The number of hydrogen-bond acceptors (Lipinski definition) is 6. The number of nitrogens with zero attached hydrogens (tertiary/aromatic N) is 7. The number of amides is 1. The molecule has 0 saturated carbocycles. The molecule has 0 radical (unpaired) electrons. The van der Waals surface area contributed by atoms with E-state index in [4.69, 9.17) is 0 Å². The molecule has 5 rings (SSSR count). The van der Waals surface area contributed by atoms with Gasteiger partial charge in [-0.3, -0.25) is 14.7 Å². The molecule has 0 aliphatic carbocycles. The Morgan fingerprint density at radius 3 is 2.70 bits per heavy atom. The summed E-state index contributed by atoms with van der Waals surface area (Å²) in [5.74, 6) is 1.12. The van der Waals surface area contributed by atoms with E-state index in [0.717, 1.165) is 11.5 Å². The van der Waals surface area contributed by atoms with Crippen LogP contribution >= 0.6 is 0 Å². The molecule has 3 aromatic rings. The van der Waals surface area contributed by atoms with E-state index in [1.165, 1.54) is 0 Å². The first-order valence-electron chi connectivity index (χ1n) is 8.71. The third kappa shape index (κ3) is 2.71. The van der Waals surface area contributed by atoms with Crippen molar-refractivity contribution in [1.29, 1.82) is 0 Å². The Labute approximate surface area is 154 Å². The predicted molar refractivity (Wildman–Crippen MR) is 95.6 cm³/mol. The van der Waals surface area contributed by atoms with E-state index in [9.17, 15) is 9.18 Å². The van der Waals surface area contributed by atoms with Gasteiger partial charge >= 0.3 is 0 Å². The molecule has 5 heterocycles. The fourth-order valence-corrected chi connectivity index (χ4v) is 3.45. The summed E-state index contributed by atoms with van der Waals surface area (Å²) in [5.41, 5.74) is 1.99. The number of alkyl halides is 1. The van der Waals surface area contributed by atoms with Crippen molar-refractivity contribution in [3.8, 4) is 5.69 Å². The average molecular weight is 365 g/mol. The lowest BCUT2D eigenvalue weighted by molar-refractivity contribution is 0.0995. The predicted octanol–water partition coefficient (Wildman–Crippen LogP) is 1.77. The second kappa shape index (κ2) is 6.11. The molecule has 136 valence electrons. The third-order valence-corrected chi connectivity index (χ3v) is 4.85. The highest BCUT2D eigenvalue weighted by molar-refractivity contribution is 6.09. The highest BCUT2D eigenvalue weighted by Gasteiger charge is 2.33. The Kier molecular flexibility index (Phi) is 3.59. The first-order chi connectivity index (χ1) is 13.2. The standard InChI is InChI=1S/C18H16FN7O/c19-12-3-6-24(9-12)16-2-1-13(7-22-16)26-10-14-15(23-26)11-25(18(14)27)17-8-20-4-5-21-17/h1-2,4-5,7-8,10,12H,3,6,9,11H2/t12-/m1/s1. The highest BCUT2D eigenvalue weighted by Crippen LogP contribution is 2.27. The summed E-state index contributed by atoms with van der Waals surface area (Å²) in [5, 5.41) is 4.52. The van der Waals surface area contributed by atoms with Crippen LogP contribution < -0.4 is 9.80 Å². The Morgan fingerprint density at radius 2 is 2.04 bits per heavy atom. The molecule has 27 heavy (non-hydrogen) atoms. The van der Waals surface area contributed by atoms with Crippen molar-refractivity contribution in [3.05, 3.63) is 54.4 Å². The Balaban J connectivity index is 1.37. The van der Waals surface area contributed by atoms with E-state index in [1.807, 2.05) is 17.0 Å². The largest absolute Gasteiger partial charge is 0.354 e. The molecule has 1 saturated heterocycles. The van der Waals surface area contributed by atoms with Crippen LogP contribution in [-0.4, -0.2) is 49.9 Å². The Bertz CT molecular complexity index is 989. The van der Waals surface area contributed by atoms with E-state index in [-0.39, 0.29) is 5.91 Å². The minimum atomic E-state index is -0.788. The molecule has 0 N–H and O–H groups in total. The molecule has 0 bridgehead atoms. The number of anilines is 2. The smallest absolute Gasteiger partial charge is 0.263 e. The van der Waals surface area contributed by atoms with Crippen molar-refractivity contribution in [2.75, 3.05) is 22.9 Å². The van der Waals surface area contributed by atoms with Crippen LogP contribution in [0.15, 0.2) is 43.1 Å². The first kappa shape index (κ1) is 15.9. The van der Waals surface area contributed by atoms with Gasteiger partial charge in [-0.05, 0) is 18.6 Å². The fourth-order valence-electron chi connectivity index (χ4n) is 3.45. The van der Waals surface area contributed by atoms with Crippen molar-refractivity contribution in [2.45, 2.75) is 19.1 Å². The van der Waals surface area contributed by atoms with Crippen LogP contribution in [0.4, 0.5) is 16.0 Å². The Hall–Kier alpha value is -3.36. The van der Waals surface area contributed by atoms with Crippen LogP contribution in [0.2, 0.25) is 0 Å². The van der Waals surface area contributed by atoms with Crippen molar-refractivity contribution in [1.82, 2.24) is 24.7 Å². The minimum Gasteiger partial charge on any atom is -0.354 e. The number of fused-ring (bicyclic) bond motifs is 1. The maximum absolute atomic E-state index is 13.4. The molecule has 1 amide bonds. The summed E-state index contributed by atoms with van der Waals surface area (Å²) in [7, 11) is 0. The van der Waals surface area contributed by atoms with Crippen molar-refractivity contribution >= 4 is 17.5 Å².